The monoisotopic (exact) mass is 386 g/mol. The molecule has 0 N–H and O–H groups in total. The van der Waals surface area contributed by atoms with Crippen LogP contribution in [0.1, 0.15) is 37.8 Å². The molecule has 2 aliphatic carbocycles. The van der Waals surface area contributed by atoms with Crippen molar-refractivity contribution in [1.29, 1.82) is 0 Å². The van der Waals surface area contributed by atoms with Crippen molar-refractivity contribution >= 4 is 25.5 Å². The topological polar surface area (TPSA) is 9.23 Å². The first-order valence-corrected chi connectivity index (χ1v) is 13.7. The van der Waals surface area contributed by atoms with E-state index >= 15 is 0 Å². The van der Waals surface area contributed by atoms with Crippen molar-refractivity contribution in [3.63, 3.8) is 0 Å². The third kappa shape index (κ3) is 3.72. The van der Waals surface area contributed by atoms with Crippen LogP contribution in [-0.4, -0.2) is 14.9 Å². The Morgan fingerprint density at radius 3 is 2.50 bits per heavy atom. The van der Waals surface area contributed by atoms with Gasteiger partial charge in [0.25, 0.3) is 0 Å². The standard InChI is InChI=1S/C26H30OSi/c1-18(2)22-12-13-24-23-9-7-6-8-20(23)17-25(24)26(22)21-11-10-19(16-21)14-15-27-28(3,4)5/h6-10,12-13,16-17H,11,14-15H2,1-5H3. The Labute approximate surface area is 169 Å². The molecule has 144 valence electrons. The number of fused-ring (bicyclic) bond motifs is 2. The summed E-state index contributed by atoms with van der Waals surface area (Å²) in [5.74, 6) is 0. The Hall–Kier alpha value is -2.16. The van der Waals surface area contributed by atoms with Gasteiger partial charge in [0.1, 0.15) is 0 Å². The van der Waals surface area contributed by atoms with Crippen LogP contribution >= 0.6 is 0 Å². The molecule has 1 nitrogen and oxygen atoms in total. The van der Waals surface area contributed by atoms with Crippen LogP contribution in [0.5, 0.6) is 0 Å². The predicted octanol–water partition coefficient (Wildman–Crippen LogP) is 5.26. The van der Waals surface area contributed by atoms with Crippen LogP contribution in [0.2, 0.25) is 19.6 Å². The van der Waals surface area contributed by atoms with Gasteiger partial charge in [0.05, 0.1) is 0 Å². The summed E-state index contributed by atoms with van der Waals surface area (Å²) >= 11 is 0. The van der Waals surface area contributed by atoms with E-state index < -0.39 is 8.32 Å². The summed E-state index contributed by atoms with van der Waals surface area (Å²) < 4.78 is 6.07. The summed E-state index contributed by atoms with van der Waals surface area (Å²) in [6, 6.07) is 13.3. The van der Waals surface area contributed by atoms with Crippen LogP contribution in [0.4, 0.5) is 0 Å². The van der Waals surface area contributed by atoms with Crippen LogP contribution in [0.25, 0.3) is 17.2 Å². The molecule has 2 aromatic carbocycles. The summed E-state index contributed by atoms with van der Waals surface area (Å²) in [6.45, 7) is 12.0. The molecule has 0 aliphatic heterocycles. The van der Waals surface area contributed by atoms with E-state index in [1.165, 1.54) is 48.7 Å². The SMILES string of the molecule is CC(C)=c1ccc2c(c1C1=CC(CCO[Si](C)(C)C)=CC1)C=c1ccccc1=2. The Bertz CT molecular complexity index is 1200. The molecule has 2 heteroatoms. The highest BCUT2D eigenvalue weighted by Gasteiger charge is 2.18. The molecular formula is C26H30OSi. The quantitative estimate of drug-likeness (QED) is 0.543. The first-order valence-electron chi connectivity index (χ1n) is 10.3. The zero-order valence-corrected chi connectivity index (χ0v) is 18.7. The second kappa shape index (κ2) is 7.34. The molecule has 0 heterocycles. The summed E-state index contributed by atoms with van der Waals surface area (Å²) in [5, 5.41) is 5.43. The van der Waals surface area contributed by atoms with Crippen molar-refractivity contribution in [3.8, 4) is 0 Å². The summed E-state index contributed by atoms with van der Waals surface area (Å²) in [6.07, 6.45) is 9.20. The molecule has 0 saturated heterocycles. The van der Waals surface area contributed by atoms with Gasteiger partial charge in [-0.25, -0.2) is 0 Å². The molecule has 0 saturated carbocycles. The maximum absolute atomic E-state index is 6.07. The molecule has 0 aromatic heterocycles. The fourth-order valence-corrected chi connectivity index (χ4v) is 4.91. The van der Waals surface area contributed by atoms with Gasteiger partial charge in [-0.2, -0.15) is 0 Å². The largest absolute Gasteiger partial charge is 0.417 e. The minimum Gasteiger partial charge on any atom is -0.417 e. The number of rotatable bonds is 5. The third-order valence-electron chi connectivity index (χ3n) is 5.53. The van der Waals surface area contributed by atoms with Gasteiger partial charge in [-0.3, -0.25) is 0 Å². The molecule has 0 fully saturated rings. The van der Waals surface area contributed by atoms with Crippen molar-refractivity contribution in [2.45, 2.75) is 46.3 Å². The predicted molar refractivity (Wildman–Crippen MR) is 123 cm³/mol. The zero-order chi connectivity index (χ0) is 19.9. The van der Waals surface area contributed by atoms with Gasteiger partial charge in [-0.15, -0.1) is 0 Å². The molecule has 0 amide bonds. The van der Waals surface area contributed by atoms with Gasteiger partial charge in [-0.1, -0.05) is 54.1 Å². The molecule has 0 unspecified atom stereocenters. The van der Waals surface area contributed by atoms with Crippen LogP contribution in [0.3, 0.4) is 0 Å². The summed E-state index contributed by atoms with van der Waals surface area (Å²) in [5.41, 5.74) is 7.05. The van der Waals surface area contributed by atoms with E-state index in [0.29, 0.717) is 0 Å². The lowest BCUT2D eigenvalue weighted by Crippen LogP contribution is -2.25. The van der Waals surface area contributed by atoms with Crippen molar-refractivity contribution in [3.05, 3.63) is 86.1 Å². The van der Waals surface area contributed by atoms with Crippen molar-refractivity contribution < 1.29 is 4.43 Å². The highest BCUT2D eigenvalue weighted by Crippen LogP contribution is 2.30. The van der Waals surface area contributed by atoms with E-state index in [-0.39, 0.29) is 0 Å². The lowest BCUT2D eigenvalue weighted by atomic mass is 9.94. The zero-order valence-electron chi connectivity index (χ0n) is 17.7. The maximum atomic E-state index is 6.07. The van der Waals surface area contributed by atoms with Crippen LogP contribution in [0, 0.1) is 10.4 Å². The molecular weight excluding hydrogens is 356 g/mol. The molecule has 0 bridgehead atoms. The molecule has 0 atom stereocenters. The van der Waals surface area contributed by atoms with Crippen LogP contribution in [0.15, 0.2) is 54.1 Å². The van der Waals surface area contributed by atoms with Crippen molar-refractivity contribution in [1.82, 2.24) is 0 Å². The molecule has 0 radical (unpaired) electrons. The normalized spacial score (nSPS) is 14.9. The second-order valence-corrected chi connectivity index (χ2v) is 13.6. The van der Waals surface area contributed by atoms with Gasteiger partial charge in [0.15, 0.2) is 8.32 Å². The lowest BCUT2D eigenvalue weighted by molar-refractivity contribution is 0.316. The molecule has 2 aliphatic rings. The Morgan fingerprint density at radius 2 is 1.75 bits per heavy atom. The first-order chi connectivity index (χ1) is 13.3. The van der Waals surface area contributed by atoms with Crippen molar-refractivity contribution in [2.24, 2.45) is 0 Å². The van der Waals surface area contributed by atoms with E-state index in [4.69, 9.17) is 4.43 Å². The van der Waals surface area contributed by atoms with Gasteiger partial charge >= 0.3 is 0 Å². The van der Waals surface area contributed by atoms with Gasteiger partial charge in [-0.05, 0) is 95.6 Å². The maximum Gasteiger partial charge on any atom is 0.183 e. The average molecular weight is 387 g/mol. The Balaban J connectivity index is 1.76. The lowest BCUT2D eigenvalue weighted by Gasteiger charge is -2.16. The second-order valence-electron chi connectivity index (χ2n) is 9.04. The fourth-order valence-electron chi connectivity index (χ4n) is 4.20. The average Bonchev–Trinajstić information content (AvgIpc) is 3.24. The van der Waals surface area contributed by atoms with E-state index in [9.17, 15) is 0 Å². The van der Waals surface area contributed by atoms with E-state index in [2.05, 4.69) is 88.1 Å². The number of hydrogen-bond acceptors (Lipinski definition) is 1. The van der Waals surface area contributed by atoms with Crippen molar-refractivity contribution in [2.75, 3.05) is 6.61 Å². The van der Waals surface area contributed by atoms with Crippen LogP contribution in [-0.2, 0) is 4.43 Å². The molecule has 28 heavy (non-hydrogen) atoms. The summed E-state index contributed by atoms with van der Waals surface area (Å²) in [7, 11) is -1.44. The molecule has 2 aromatic rings. The smallest absolute Gasteiger partial charge is 0.183 e. The van der Waals surface area contributed by atoms with E-state index in [1.807, 2.05) is 0 Å². The highest BCUT2D eigenvalue weighted by molar-refractivity contribution is 6.69. The minimum atomic E-state index is -1.44. The number of benzene rings is 2. The van der Waals surface area contributed by atoms with Gasteiger partial charge < -0.3 is 4.43 Å². The summed E-state index contributed by atoms with van der Waals surface area (Å²) in [4.78, 5) is 0. The van der Waals surface area contributed by atoms with E-state index in [0.717, 1.165) is 19.4 Å². The van der Waals surface area contributed by atoms with E-state index in [1.54, 1.807) is 0 Å². The van der Waals surface area contributed by atoms with Crippen LogP contribution < -0.4 is 10.4 Å². The number of allylic oxidation sites excluding steroid dienone is 3. The highest BCUT2D eigenvalue weighted by atomic mass is 28.4. The fraction of sp³-hybridized carbons (Fsp3) is 0.308. The molecule has 4 rings (SSSR count). The Morgan fingerprint density at radius 1 is 0.964 bits per heavy atom. The molecule has 0 spiro atoms. The minimum absolute atomic E-state index is 0.835. The van der Waals surface area contributed by atoms with Gasteiger partial charge in [0, 0.05) is 6.61 Å². The Kier molecular flexibility index (Phi) is 5.03. The first kappa shape index (κ1) is 19.2. The number of hydrogen-bond donors (Lipinski definition) is 0. The third-order valence-corrected chi connectivity index (χ3v) is 6.60. The van der Waals surface area contributed by atoms with Gasteiger partial charge in [0.2, 0.25) is 0 Å².